The minimum absolute atomic E-state index is 0.249. The van der Waals surface area contributed by atoms with Crippen molar-refractivity contribution in [1.82, 2.24) is 0 Å². The van der Waals surface area contributed by atoms with E-state index in [4.69, 9.17) is 14.6 Å². The second kappa shape index (κ2) is 4.97. The highest BCUT2D eigenvalue weighted by atomic mass is 32.1. The molecule has 0 aromatic carbocycles. The van der Waals surface area contributed by atoms with Crippen LogP contribution in [0.1, 0.15) is 14.5 Å². The highest BCUT2D eigenvalue weighted by Gasteiger charge is 2.14. The summed E-state index contributed by atoms with van der Waals surface area (Å²) in [6.07, 6.45) is 0. The van der Waals surface area contributed by atoms with Gasteiger partial charge in [0.15, 0.2) is 4.88 Å². The van der Waals surface area contributed by atoms with Crippen molar-refractivity contribution in [2.45, 2.75) is 6.92 Å². The van der Waals surface area contributed by atoms with Gasteiger partial charge in [0.25, 0.3) is 0 Å². The number of aromatic carboxylic acids is 1. The number of methoxy groups -OCH3 is 1. The zero-order valence-corrected chi connectivity index (χ0v) is 8.89. The van der Waals surface area contributed by atoms with Crippen LogP contribution in [0.3, 0.4) is 0 Å². The van der Waals surface area contributed by atoms with Gasteiger partial charge in [-0.3, -0.25) is 0 Å². The van der Waals surface area contributed by atoms with Gasteiger partial charge in [0.05, 0.1) is 6.61 Å². The molecule has 0 saturated heterocycles. The lowest BCUT2D eigenvalue weighted by Gasteiger charge is -2.03. The van der Waals surface area contributed by atoms with Crippen LogP contribution in [-0.4, -0.2) is 31.4 Å². The fourth-order valence-electron chi connectivity index (χ4n) is 0.982. The Balaban J connectivity index is 2.69. The highest BCUT2D eigenvalue weighted by molar-refractivity contribution is 7.14. The van der Waals surface area contributed by atoms with E-state index in [0.29, 0.717) is 19.0 Å². The fourth-order valence-corrected chi connectivity index (χ4v) is 1.78. The maximum atomic E-state index is 10.8. The summed E-state index contributed by atoms with van der Waals surface area (Å²) < 4.78 is 10.1. The first kappa shape index (κ1) is 11.0. The summed E-state index contributed by atoms with van der Waals surface area (Å²) in [6, 6.07) is 1.73. The van der Waals surface area contributed by atoms with Crippen LogP contribution in [0.15, 0.2) is 6.07 Å². The van der Waals surface area contributed by atoms with Gasteiger partial charge in [0.2, 0.25) is 0 Å². The van der Waals surface area contributed by atoms with Crippen molar-refractivity contribution in [3.63, 3.8) is 0 Å². The molecule has 0 saturated carbocycles. The quantitative estimate of drug-likeness (QED) is 0.762. The predicted octanol–water partition coefficient (Wildman–Crippen LogP) is 1.78. The third-order valence-corrected chi connectivity index (χ3v) is 2.58. The average Bonchev–Trinajstić information content (AvgIpc) is 2.47. The van der Waals surface area contributed by atoms with E-state index in [2.05, 4.69) is 0 Å². The van der Waals surface area contributed by atoms with Crippen molar-refractivity contribution in [3.8, 4) is 5.75 Å². The summed E-state index contributed by atoms with van der Waals surface area (Å²) in [6.45, 7) is 2.67. The molecule has 0 aliphatic rings. The summed E-state index contributed by atoms with van der Waals surface area (Å²) >= 11 is 1.22. The Labute approximate surface area is 86.1 Å². The van der Waals surface area contributed by atoms with Gasteiger partial charge in [-0.2, -0.15) is 0 Å². The van der Waals surface area contributed by atoms with Crippen LogP contribution in [0.4, 0.5) is 0 Å². The minimum Gasteiger partial charge on any atom is -0.489 e. The zero-order chi connectivity index (χ0) is 10.6. The Morgan fingerprint density at radius 2 is 2.29 bits per heavy atom. The Hall–Kier alpha value is -1.07. The van der Waals surface area contributed by atoms with Gasteiger partial charge in [-0.1, -0.05) is 0 Å². The Morgan fingerprint density at radius 3 is 2.86 bits per heavy atom. The first-order valence-electron chi connectivity index (χ1n) is 4.10. The number of hydrogen-bond acceptors (Lipinski definition) is 4. The molecule has 0 aliphatic heterocycles. The minimum atomic E-state index is -0.949. The smallest absolute Gasteiger partial charge is 0.349 e. The molecule has 0 bridgehead atoms. The molecule has 1 N–H and O–H groups in total. The molecule has 5 heteroatoms. The van der Waals surface area contributed by atoms with E-state index >= 15 is 0 Å². The molecule has 1 aromatic rings. The number of rotatable bonds is 5. The maximum Gasteiger partial charge on any atom is 0.349 e. The topological polar surface area (TPSA) is 55.8 Å². The lowest BCUT2D eigenvalue weighted by atomic mass is 10.4. The molecule has 0 atom stereocenters. The summed E-state index contributed by atoms with van der Waals surface area (Å²) in [5.74, 6) is -0.521. The van der Waals surface area contributed by atoms with Crippen molar-refractivity contribution in [2.24, 2.45) is 0 Å². The van der Waals surface area contributed by atoms with Crippen molar-refractivity contribution in [2.75, 3.05) is 20.3 Å². The van der Waals surface area contributed by atoms with Gasteiger partial charge >= 0.3 is 5.97 Å². The molecule has 0 unspecified atom stereocenters. The molecule has 1 rings (SSSR count). The van der Waals surface area contributed by atoms with E-state index in [1.807, 2.05) is 6.92 Å². The summed E-state index contributed by atoms with van der Waals surface area (Å²) in [7, 11) is 1.57. The van der Waals surface area contributed by atoms with E-state index < -0.39 is 5.97 Å². The van der Waals surface area contributed by atoms with Crippen molar-refractivity contribution in [1.29, 1.82) is 0 Å². The molecule has 1 aromatic heterocycles. The Morgan fingerprint density at radius 1 is 1.57 bits per heavy atom. The third kappa shape index (κ3) is 2.71. The molecule has 14 heavy (non-hydrogen) atoms. The second-order valence-corrected chi connectivity index (χ2v) is 3.95. The first-order valence-corrected chi connectivity index (χ1v) is 4.92. The van der Waals surface area contributed by atoms with Gasteiger partial charge < -0.3 is 14.6 Å². The molecular weight excluding hydrogens is 204 g/mol. The Kier molecular flexibility index (Phi) is 3.91. The molecule has 78 valence electrons. The van der Waals surface area contributed by atoms with E-state index in [-0.39, 0.29) is 4.88 Å². The van der Waals surface area contributed by atoms with Crippen molar-refractivity contribution >= 4 is 17.3 Å². The summed E-state index contributed by atoms with van der Waals surface area (Å²) in [4.78, 5) is 11.9. The van der Waals surface area contributed by atoms with Gasteiger partial charge in [0, 0.05) is 12.0 Å². The van der Waals surface area contributed by atoms with Crippen LogP contribution >= 0.6 is 11.3 Å². The molecule has 1 heterocycles. The van der Waals surface area contributed by atoms with E-state index in [9.17, 15) is 4.79 Å². The van der Waals surface area contributed by atoms with Crippen LogP contribution in [0.25, 0.3) is 0 Å². The van der Waals surface area contributed by atoms with Crippen LogP contribution in [0.5, 0.6) is 5.75 Å². The number of aryl methyl sites for hydroxylation is 1. The Bertz CT molecular complexity index is 319. The lowest BCUT2D eigenvalue weighted by molar-refractivity contribution is 0.0695. The second-order valence-electron chi connectivity index (χ2n) is 2.70. The van der Waals surface area contributed by atoms with Crippen LogP contribution in [0, 0.1) is 6.92 Å². The largest absolute Gasteiger partial charge is 0.489 e. The van der Waals surface area contributed by atoms with Crippen molar-refractivity contribution < 1.29 is 19.4 Å². The predicted molar refractivity (Wildman–Crippen MR) is 53.4 cm³/mol. The molecule has 0 radical (unpaired) electrons. The number of hydrogen-bond donors (Lipinski definition) is 1. The summed E-state index contributed by atoms with van der Waals surface area (Å²) in [5.41, 5.74) is 0. The normalized spacial score (nSPS) is 10.1. The van der Waals surface area contributed by atoms with Crippen molar-refractivity contribution in [3.05, 3.63) is 15.8 Å². The maximum absolute atomic E-state index is 10.8. The zero-order valence-electron chi connectivity index (χ0n) is 8.07. The SMILES string of the molecule is COCCOc1cc(C)sc1C(=O)O. The van der Waals surface area contributed by atoms with Crippen LogP contribution in [0.2, 0.25) is 0 Å². The average molecular weight is 216 g/mol. The van der Waals surface area contributed by atoms with Crippen LogP contribution < -0.4 is 4.74 Å². The third-order valence-electron chi connectivity index (χ3n) is 1.56. The molecule has 0 fully saturated rings. The molecule has 0 aliphatic carbocycles. The van der Waals surface area contributed by atoms with Gasteiger partial charge in [-0.05, 0) is 13.0 Å². The summed E-state index contributed by atoms with van der Waals surface area (Å²) in [5, 5.41) is 8.83. The van der Waals surface area contributed by atoms with Gasteiger partial charge in [0.1, 0.15) is 12.4 Å². The number of ether oxygens (including phenoxy) is 2. The molecule has 0 spiro atoms. The highest BCUT2D eigenvalue weighted by Crippen LogP contribution is 2.28. The monoisotopic (exact) mass is 216 g/mol. The van der Waals surface area contributed by atoms with E-state index in [0.717, 1.165) is 4.88 Å². The van der Waals surface area contributed by atoms with E-state index in [1.165, 1.54) is 11.3 Å². The number of carbonyl (C=O) groups is 1. The fraction of sp³-hybridized carbons (Fsp3) is 0.444. The van der Waals surface area contributed by atoms with Gasteiger partial charge in [-0.25, -0.2) is 4.79 Å². The van der Waals surface area contributed by atoms with Crippen LogP contribution in [-0.2, 0) is 4.74 Å². The molecule has 0 amide bonds. The van der Waals surface area contributed by atoms with E-state index in [1.54, 1.807) is 13.2 Å². The molecule has 4 nitrogen and oxygen atoms in total. The first-order chi connectivity index (χ1) is 6.65. The standard InChI is InChI=1S/C9H12O4S/c1-6-5-7(13-4-3-12-2)8(14-6)9(10)11/h5H,3-4H2,1-2H3,(H,10,11). The van der Waals surface area contributed by atoms with Gasteiger partial charge in [-0.15, -0.1) is 11.3 Å². The molecular formula is C9H12O4S. The number of thiophene rings is 1. The lowest BCUT2D eigenvalue weighted by Crippen LogP contribution is -2.06. The number of carboxylic acid groups (broad SMARTS) is 1. The number of carboxylic acids is 1.